The van der Waals surface area contributed by atoms with E-state index in [4.69, 9.17) is 16.3 Å². The molecule has 1 atom stereocenters. The minimum atomic E-state index is -3.35. The van der Waals surface area contributed by atoms with Gasteiger partial charge in [0.15, 0.2) is 6.10 Å². The SMILES string of the molecule is Cc1cc(O[C@H](C)C(=O)c2ccc(NS(C)(=O)=O)cc2)ccc1Cl. The highest BCUT2D eigenvalue weighted by Crippen LogP contribution is 2.22. The van der Waals surface area contributed by atoms with Gasteiger partial charge in [0.2, 0.25) is 15.8 Å². The third kappa shape index (κ3) is 4.97. The van der Waals surface area contributed by atoms with E-state index in [-0.39, 0.29) is 5.78 Å². The quantitative estimate of drug-likeness (QED) is 0.790. The highest BCUT2D eigenvalue weighted by molar-refractivity contribution is 7.92. The topological polar surface area (TPSA) is 72.5 Å². The fourth-order valence-corrected chi connectivity index (χ4v) is 2.78. The minimum absolute atomic E-state index is 0.200. The lowest BCUT2D eigenvalue weighted by molar-refractivity contribution is 0.0818. The van der Waals surface area contributed by atoms with Gasteiger partial charge in [0, 0.05) is 16.3 Å². The number of rotatable bonds is 6. The number of ketones is 1. The molecule has 0 saturated carbocycles. The first-order chi connectivity index (χ1) is 11.2. The fourth-order valence-electron chi connectivity index (χ4n) is 2.10. The van der Waals surface area contributed by atoms with E-state index >= 15 is 0 Å². The Bertz CT molecular complexity index is 847. The average Bonchev–Trinajstić information content (AvgIpc) is 2.49. The Labute approximate surface area is 146 Å². The van der Waals surface area contributed by atoms with Crippen LogP contribution >= 0.6 is 11.6 Å². The Hall–Kier alpha value is -2.05. The molecule has 0 heterocycles. The number of Topliss-reactive ketones (excluding diaryl/α,β-unsaturated/α-hetero) is 1. The molecule has 0 aliphatic rings. The molecule has 0 aromatic heterocycles. The predicted octanol–water partition coefficient (Wildman–Crippen LogP) is 3.67. The van der Waals surface area contributed by atoms with Crippen molar-refractivity contribution in [3.63, 3.8) is 0 Å². The van der Waals surface area contributed by atoms with E-state index in [1.807, 2.05) is 6.92 Å². The molecule has 2 aromatic carbocycles. The molecule has 0 fully saturated rings. The average molecular weight is 368 g/mol. The summed E-state index contributed by atoms with van der Waals surface area (Å²) in [4.78, 5) is 12.4. The Morgan fingerprint density at radius 3 is 2.33 bits per heavy atom. The molecular formula is C17H18ClNO4S. The maximum atomic E-state index is 12.4. The second-order valence-electron chi connectivity index (χ2n) is 5.49. The Kier molecular flexibility index (Phi) is 5.51. The van der Waals surface area contributed by atoms with Crippen molar-refractivity contribution in [2.75, 3.05) is 11.0 Å². The zero-order chi connectivity index (χ0) is 17.9. The number of carbonyl (C=O) groups is 1. The highest BCUT2D eigenvalue weighted by atomic mass is 35.5. The minimum Gasteiger partial charge on any atom is -0.483 e. The smallest absolute Gasteiger partial charge is 0.229 e. The van der Waals surface area contributed by atoms with E-state index < -0.39 is 16.1 Å². The van der Waals surface area contributed by atoms with Crippen LogP contribution in [0.4, 0.5) is 5.69 Å². The van der Waals surface area contributed by atoms with Crippen LogP contribution < -0.4 is 9.46 Å². The van der Waals surface area contributed by atoms with Crippen LogP contribution in [0.3, 0.4) is 0 Å². The van der Waals surface area contributed by atoms with Gasteiger partial charge in [0.25, 0.3) is 0 Å². The van der Waals surface area contributed by atoms with Crippen LogP contribution in [0.2, 0.25) is 5.02 Å². The van der Waals surface area contributed by atoms with E-state index in [1.54, 1.807) is 37.3 Å². The van der Waals surface area contributed by atoms with Crippen molar-refractivity contribution >= 4 is 33.1 Å². The molecule has 128 valence electrons. The van der Waals surface area contributed by atoms with Crippen LogP contribution in [-0.2, 0) is 10.0 Å². The lowest BCUT2D eigenvalue weighted by atomic mass is 10.1. The van der Waals surface area contributed by atoms with Crippen LogP contribution in [-0.4, -0.2) is 26.6 Å². The molecule has 0 aliphatic heterocycles. The molecule has 2 aromatic rings. The Balaban J connectivity index is 2.08. The number of benzene rings is 2. The third-order valence-corrected chi connectivity index (χ3v) is 4.31. The van der Waals surface area contributed by atoms with E-state index in [1.165, 1.54) is 12.1 Å². The van der Waals surface area contributed by atoms with Crippen molar-refractivity contribution in [1.29, 1.82) is 0 Å². The number of ether oxygens (including phenoxy) is 1. The summed E-state index contributed by atoms with van der Waals surface area (Å²) in [6.45, 7) is 3.52. The number of hydrogen-bond donors (Lipinski definition) is 1. The van der Waals surface area contributed by atoms with Crippen LogP contribution in [0.5, 0.6) is 5.75 Å². The van der Waals surface area contributed by atoms with E-state index in [9.17, 15) is 13.2 Å². The van der Waals surface area contributed by atoms with Crippen molar-refractivity contribution in [2.24, 2.45) is 0 Å². The first-order valence-corrected chi connectivity index (χ1v) is 9.47. The van der Waals surface area contributed by atoms with Gasteiger partial charge >= 0.3 is 0 Å². The van der Waals surface area contributed by atoms with Crippen molar-refractivity contribution in [3.05, 3.63) is 58.6 Å². The molecule has 0 spiro atoms. The molecule has 0 saturated heterocycles. The van der Waals surface area contributed by atoms with E-state index in [0.29, 0.717) is 22.0 Å². The zero-order valence-corrected chi connectivity index (χ0v) is 15.1. The summed E-state index contributed by atoms with van der Waals surface area (Å²) < 4.78 is 30.4. The summed E-state index contributed by atoms with van der Waals surface area (Å²) in [5, 5.41) is 0.635. The van der Waals surface area contributed by atoms with E-state index in [0.717, 1.165) is 11.8 Å². The van der Waals surface area contributed by atoms with Crippen LogP contribution in [0, 0.1) is 6.92 Å². The van der Waals surface area contributed by atoms with Gasteiger partial charge in [-0.15, -0.1) is 0 Å². The van der Waals surface area contributed by atoms with Crippen LogP contribution in [0.25, 0.3) is 0 Å². The summed E-state index contributed by atoms with van der Waals surface area (Å²) in [6.07, 6.45) is 0.384. The lowest BCUT2D eigenvalue weighted by Gasteiger charge is -2.15. The standard InChI is InChI=1S/C17H18ClNO4S/c1-11-10-15(8-9-16(11)18)23-12(2)17(20)13-4-6-14(7-5-13)19-24(3,21)22/h4-10,12,19H,1-3H3/t12-/m1/s1. The van der Waals surface area contributed by atoms with E-state index in [2.05, 4.69) is 4.72 Å². The number of nitrogens with one attached hydrogen (secondary N) is 1. The summed E-state index contributed by atoms with van der Waals surface area (Å²) in [7, 11) is -3.35. The number of carbonyl (C=O) groups excluding carboxylic acids is 1. The Morgan fingerprint density at radius 2 is 1.79 bits per heavy atom. The molecule has 0 amide bonds. The molecule has 0 aliphatic carbocycles. The van der Waals surface area contributed by atoms with Crippen molar-refractivity contribution in [2.45, 2.75) is 20.0 Å². The molecule has 0 unspecified atom stereocenters. The number of anilines is 1. The number of aryl methyl sites for hydroxylation is 1. The highest BCUT2D eigenvalue weighted by Gasteiger charge is 2.17. The fraction of sp³-hybridized carbons (Fsp3) is 0.235. The second kappa shape index (κ2) is 7.23. The van der Waals surface area contributed by atoms with Gasteiger partial charge in [-0.25, -0.2) is 8.42 Å². The predicted molar refractivity (Wildman–Crippen MR) is 95.5 cm³/mol. The number of halogens is 1. The maximum absolute atomic E-state index is 12.4. The monoisotopic (exact) mass is 367 g/mol. The summed E-state index contributed by atoms with van der Waals surface area (Å²) in [5.41, 5.74) is 1.70. The van der Waals surface area contributed by atoms with Gasteiger partial charge in [-0.3, -0.25) is 9.52 Å². The van der Waals surface area contributed by atoms with Gasteiger partial charge in [-0.05, 0) is 61.9 Å². The van der Waals surface area contributed by atoms with Crippen molar-refractivity contribution < 1.29 is 17.9 Å². The molecule has 5 nitrogen and oxygen atoms in total. The molecular weight excluding hydrogens is 350 g/mol. The van der Waals surface area contributed by atoms with Gasteiger partial charge in [0.05, 0.1) is 6.26 Å². The molecule has 24 heavy (non-hydrogen) atoms. The number of hydrogen-bond acceptors (Lipinski definition) is 4. The molecule has 7 heteroatoms. The second-order valence-corrected chi connectivity index (χ2v) is 7.64. The zero-order valence-electron chi connectivity index (χ0n) is 13.5. The lowest BCUT2D eigenvalue weighted by Crippen LogP contribution is -2.24. The normalized spacial score (nSPS) is 12.5. The maximum Gasteiger partial charge on any atom is 0.229 e. The van der Waals surface area contributed by atoms with Crippen LogP contribution in [0.1, 0.15) is 22.8 Å². The summed E-state index contributed by atoms with van der Waals surface area (Å²) in [6, 6.07) is 11.4. The molecule has 0 radical (unpaired) electrons. The Morgan fingerprint density at radius 1 is 1.17 bits per heavy atom. The first kappa shape index (κ1) is 18.3. The van der Waals surface area contributed by atoms with Gasteiger partial charge in [-0.2, -0.15) is 0 Å². The van der Waals surface area contributed by atoms with Crippen molar-refractivity contribution in [3.8, 4) is 5.75 Å². The summed E-state index contributed by atoms with van der Waals surface area (Å²) in [5.74, 6) is 0.363. The van der Waals surface area contributed by atoms with Gasteiger partial charge < -0.3 is 4.74 Å². The third-order valence-electron chi connectivity index (χ3n) is 3.28. The number of sulfonamides is 1. The van der Waals surface area contributed by atoms with Crippen LogP contribution in [0.15, 0.2) is 42.5 Å². The molecule has 2 rings (SSSR count). The largest absolute Gasteiger partial charge is 0.483 e. The first-order valence-electron chi connectivity index (χ1n) is 7.20. The van der Waals surface area contributed by atoms with Crippen molar-refractivity contribution in [1.82, 2.24) is 0 Å². The molecule has 0 bridgehead atoms. The molecule has 1 N–H and O–H groups in total. The summed E-state index contributed by atoms with van der Waals surface area (Å²) >= 11 is 5.96. The van der Waals surface area contributed by atoms with Gasteiger partial charge in [0.1, 0.15) is 5.75 Å². The van der Waals surface area contributed by atoms with Gasteiger partial charge in [-0.1, -0.05) is 11.6 Å².